The Bertz CT molecular complexity index is 714. The van der Waals surface area contributed by atoms with E-state index in [9.17, 15) is 0 Å². The molecule has 0 saturated carbocycles. The highest BCUT2D eigenvalue weighted by atomic mass is 15.3. The Kier molecular flexibility index (Phi) is 3.35. The predicted molar refractivity (Wildman–Crippen MR) is 81.6 cm³/mol. The Morgan fingerprint density at radius 2 is 1.85 bits per heavy atom. The van der Waals surface area contributed by atoms with Gasteiger partial charge in [0.1, 0.15) is 0 Å². The SMILES string of the molecule is Cc1cccc(-n2cc(CN)c(-c3ccccc3)n2)c1. The number of hydrogen-bond donors (Lipinski definition) is 1. The van der Waals surface area contributed by atoms with Crippen LogP contribution >= 0.6 is 0 Å². The van der Waals surface area contributed by atoms with Crippen molar-refractivity contribution in [3.8, 4) is 16.9 Å². The summed E-state index contributed by atoms with van der Waals surface area (Å²) in [5.41, 5.74) is 11.2. The summed E-state index contributed by atoms with van der Waals surface area (Å²) >= 11 is 0. The van der Waals surface area contributed by atoms with Gasteiger partial charge < -0.3 is 5.73 Å². The van der Waals surface area contributed by atoms with E-state index in [1.165, 1.54) is 5.56 Å². The minimum Gasteiger partial charge on any atom is -0.326 e. The van der Waals surface area contributed by atoms with Crippen LogP contribution in [-0.2, 0) is 6.54 Å². The quantitative estimate of drug-likeness (QED) is 0.788. The lowest BCUT2D eigenvalue weighted by Gasteiger charge is -2.02. The second-order valence-corrected chi connectivity index (χ2v) is 4.86. The Morgan fingerprint density at radius 3 is 2.55 bits per heavy atom. The van der Waals surface area contributed by atoms with E-state index >= 15 is 0 Å². The van der Waals surface area contributed by atoms with Crippen molar-refractivity contribution in [2.75, 3.05) is 0 Å². The monoisotopic (exact) mass is 263 g/mol. The van der Waals surface area contributed by atoms with Gasteiger partial charge in [-0.25, -0.2) is 4.68 Å². The zero-order chi connectivity index (χ0) is 13.9. The molecule has 0 unspecified atom stereocenters. The number of aryl methyl sites for hydroxylation is 1. The van der Waals surface area contributed by atoms with Gasteiger partial charge in [-0.1, -0.05) is 42.5 Å². The molecule has 1 heterocycles. The van der Waals surface area contributed by atoms with Crippen LogP contribution < -0.4 is 5.73 Å². The molecule has 3 rings (SSSR count). The molecule has 0 fully saturated rings. The lowest BCUT2D eigenvalue weighted by Crippen LogP contribution is -1.96. The molecule has 2 N–H and O–H groups in total. The number of aromatic nitrogens is 2. The molecule has 0 radical (unpaired) electrons. The maximum Gasteiger partial charge on any atom is 0.0972 e. The first kappa shape index (κ1) is 12.6. The van der Waals surface area contributed by atoms with E-state index in [-0.39, 0.29) is 0 Å². The van der Waals surface area contributed by atoms with Gasteiger partial charge in [0.05, 0.1) is 11.4 Å². The van der Waals surface area contributed by atoms with Crippen LogP contribution in [0.4, 0.5) is 0 Å². The van der Waals surface area contributed by atoms with E-state index in [1.54, 1.807) is 0 Å². The maximum atomic E-state index is 5.86. The molecule has 0 spiro atoms. The van der Waals surface area contributed by atoms with Gasteiger partial charge in [0.25, 0.3) is 0 Å². The van der Waals surface area contributed by atoms with Crippen LogP contribution in [0.1, 0.15) is 11.1 Å². The van der Waals surface area contributed by atoms with Gasteiger partial charge in [0.15, 0.2) is 0 Å². The summed E-state index contributed by atoms with van der Waals surface area (Å²) in [5, 5.41) is 4.70. The third-order valence-corrected chi connectivity index (χ3v) is 3.32. The third-order valence-electron chi connectivity index (χ3n) is 3.32. The Hall–Kier alpha value is -2.39. The van der Waals surface area contributed by atoms with Crippen molar-refractivity contribution in [3.63, 3.8) is 0 Å². The standard InChI is InChI=1S/C17H17N3/c1-13-6-5-9-16(10-13)20-12-15(11-18)17(19-20)14-7-3-2-4-8-14/h2-10,12H,11,18H2,1H3. The average molecular weight is 263 g/mol. The lowest BCUT2D eigenvalue weighted by molar-refractivity contribution is 0.881. The molecule has 0 saturated heterocycles. The fourth-order valence-electron chi connectivity index (χ4n) is 2.30. The van der Waals surface area contributed by atoms with Crippen molar-refractivity contribution < 1.29 is 0 Å². The fraction of sp³-hybridized carbons (Fsp3) is 0.118. The summed E-state index contributed by atoms with van der Waals surface area (Å²) in [6.07, 6.45) is 2.01. The first-order valence-electron chi connectivity index (χ1n) is 6.69. The first-order valence-corrected chi connectivity index (χ1v) is 6.69. The smallest absolute Gasteiger partial charge is 0.0972 e. The summed E-state index contributed by atoms with van der Waals surface area (Å²) in [7, 11) is 0. The minimum absolute atomic E-state index is 0.482. The summed E-state index contributed by atoms with van der Waals surface area (Å²) in [4.78, 5) is 0. The Balaban J connectivity index is 2.10. The van der Waals surface area contributed by atoms with Gasteiger partial charge >= 0.3 is 0 Å². The van der Waals surface area contributed by atoms with Crippen molar-refractivity contribution in [2.45, 2.75) is 13.5 Å². The average Bonchev–Trinajstić information content (AvgIpc) is 2.92. The van der Waals surface area contributed by atoms with Gasteiger partial charge in [0.2, 0.25) is 0 Å². The molecule has 20 heavy (non-hydrogen) atoms. The molecule has 0 bridgehead atoms. The van der Waals surface area contributed by atoms with Gasteiger partial charge in [0, 0.05) is 23.9 Å². The van der Waals surface area contributed by atoms with E-state index in [0.29, 0.717) is 6.54 Å². The lowest BCUT2D eigenvalue weighted by atomic mass is 10.1. The van der Waals surface area contributed by atoms with Crippen LogP contribution in [0.2, 0.25) is 0 Å². The van der Waals surface area contributed by atoms with Gasteiger partial charge in [-0.2, -0.15) is 5.10 Å². The number of nitrogens with zero attached hydrogens (tertiary/aromatic N) is 2. The van der Waals surface area contributed by atoms with Crippen LogP contribution in [0.15, 0.2) is 60.8 Å². The molecular weight excluding hydrogens is 246 g/mol. The van der Waals surface area contributed by atoms with Gasteiger partial charge in [-0.05, 0) is 24.6 Å². The molecule has 100 valence electrons. The molecule has 3 nitrogen and oxygen atoms in total. The van der Waals surface area contributed by atoms with Crippen LogP contribution in [0, 0.1) is 6.92 Å². The highest BCUT2D eigenvalue weighted by Crippen LogP contribution is 2.23. The normalized spacial score (nSPS) is 10.7. The second kappa shape index (κ2) is 5.31. The minimum atomic E-state index is 0.482. The topological polar surface area (TPSA) is 43.8 Å². The number of rotatable bonds is 3. The number of nitrogens with two attached hydrogens (primary N) is 1. The molecule has 3 aromatic rings. The van der Waals surface area contributed by atoms with Crippen LogP contribution in [0.3, 0.4) is 0 Å². The summed E-state index contributed by atoms with van der Waals surface area (Å²) in [6.45, 7) is 2.56. The molecule has 0 aliphatic carbocycles. The number of hydrogen-bond acceptors (Lipinski definition) is 2. The summed E-state index contributed by atoms with van der Waals surface area (Å²) in [6, 6.07) is 18.4. The van der Waals surface area contributed by atoms with Crippen LogP contribution in [0.25, 0.3) is 16.9 Å². The highest BCUT2D eigenvalue weighted by Gasteiger charge is 2.10. The molecule has 0 aliphatic rings. The van der Waals surface area contributed by atoms with Crippen molar-refractivity contribution in [3.05, 3.63) is 71.9 Å². The predicted octanol–water partition coefficient (Wildman–Crippen LogP) is 3.31. The Labute approximate surface area is 118 Å². The van der Waals surface area contributed by atoms with Gasteiger partial charge in [-0.15, -0.1) is 0 Å². The van der Waals surface area contributed by atoms with E-state index in [1.807, 2.05) is 35.1 Å². The third kappa shape index (κ3) is 2.36. The molecule has 3 heteroatoms. The zero-order valence-corrected chi connectivity index (χ0v) is 11.5. The molecule has 0 aliphatic heterocycles. The van der Waals surface area contributed by atoms with Crippen molar-refractivity contribution in [1.82, 2.24) is 9.78 Å². The molecule has 0 amide bonds. The highest BCUT2D eigenvalue weighted by molar-refractivity contribution is 5.63. The first-order chi connectivity index (χ1) is 9.78. The molecule has 2 aromatic carbocycles. The Morgan fingerprint density at radius 1 is 1.05 bits per heavy atom. The van der Waals surface area contributed by atoms with E-state index in [2.05, 4.69) is 37.3 Å². The van der Waals surface area contributed by atoms with E-state index < -0.39 is 0 Å². The molecular formula is C17H17N3. The van der Waals surface area contributed by atoms with Crippen molar-refractivity contribution in [1.29, 1.82) is 0 Å². The molecule has 1 aromatic heterocycles. The largest absolute Gasteiger partial charge is 0.326 e. The van der Waals surface area contributed by atoms with E-state index in [0.717, 1.165) is 22.5 Å². The second-order valence-electron chi connectivity index (χ2n) is 4.86. The zero-order valence-electron chi connectivity index (χ0n) is 11.5. The van der Waals surface area contributed by atoms with Crippen molar-refractivity contribution in [2.24, 2.45) is 5.73 Å². The van der Waals surface area contributed by atoms with Crippen LogP contribution in [0.5, 0.6) is 0 Å². The maximum absolute atomic E-state index is 5.86. The summed E-state index contributed by atoms with van der Waals surface area (Å²) in [5.74, 6) is 0. The van der Waals surface area contributed by atoms with Gasteiger partial charge in [-0.3, -0.25) is 0 Å². The summed E-state index contributed by atoms with van der Waals surface area (Å²) < 4.78 is 1.90. The fourth-order valence-corrected chi connectivity index (χ4v) is 2.30. The van der Waals surface area contributed by atoms with E-state index in [4.69, 9.17) is 10.8 Å². The van der Waals surface area contributed by atoms with Crippen molar-refractivity contribution >= 4 is 0 Å². The van der Waals surface area contributed by atoms with Crippen LogP contribution in [-0.4, -0.2) is 9.78 Å². The number of benzene rings is 2. The molecule has 0 atom stereocenters.